The molecule has 0 bridgehead atoms. The molecular formula is C10H9N3OS. The summed E-state index contributed by atoms with van der Waals surface area (Å²) in [5, 5.41) is 8.75. The van der Waals surface area contributed by atoms with Crippen molar-refractivity contribution in [3.05, 3.63) is 23.9 Å². The van der Waals surface area contributed by atoms with Crippen LogP contribution in [0.2, 0.25) is 0 Å². The Kier molecular flexibility index (Phi) is 2.60. The van der Waals surface area contributed by atoms with Crippen molar-refractivity contribution in [3.8, 4) is 6.07 Å². The van der Waals surface area contributed by atoms with Gasteiger partial charge in [-0.05, 0) is 12.1 Å². The van der Waals surface area contributed by atoms with Gasteiger partial charge in [-0.25, -0.2) is 4.98 Å². The summed E-state index contributed by atoms with van der Waals surface area (Å²) in [6, 6.07) is 7.01. The highest BCUT2D eigenvalue weighted by atomic mass is 32.1. The molecule has 1 saturated heterocycles. The molecule has 5 heteroatoms. The lowest BCUT2D eigenvalue weighted by Crippen LogP contribution is -2.25. The molecule has 0 radical (unpaired) electrons. The van der Waals surface area contributed by atoms with E-state index in [1.54, 1.807) is 23.1 Å². The van der Waals surface area contributed by atoms with Gasteiger partial charge >= 0.3 is 0 Å². The Labute approximate surface area is 92.9 Å². The van der Waals surface area contributed by atoms with Crippen LogP contribution in [-0.2, 0) is 4.79 Å². The molecule has 15 heavy (non-hydrogen) atoms. The zero-order chi connectivity index (χ0) is 10.8. The zero-order valence-electron chi connectivity index (χ0n) is 7.92. The second-order valence-corrected chi connectivity index (χ2v) is 4.09. The molecule has 1 fully saturated rings. The van der Waals surface area contributed by atoms with Crippen LogP contribution < -0.4 is 4.90 Å². The SMILES string of the molecule is N#Cc1cccc(N2CC(S)CC2=O)n1. The fourth-order valence-electron chi connectivity index (χ4n) is 1.55. The molecule has 4 nitrogen and oxygen atoms in total. The van der Waals surface area contributed by atoms with Crippen molar-refractivity contribution < 1.29 is 4.79 Å². The lowest BCUT2D eigenvalue weighted by molar-refractivity contribution is -0.117. The van der Waals surface area contributed by atoms with E-state index in [-0.39, 0.29) is 11.2 Å². The van der Waals surface area contributed by atoms with E-state index >= 15 is 0 Å². The monoisotopic (exact) mass is 219 g/mol. The first-order valence-corrected chi connectivity index (χ1v) is 5.08. The normalized spacial score (nSPS) is 20.4. The summed E-state index contributed by atoms with van der Waals surface area (Å²) in [4.78, 5) is 17.2. The minimum Gasteiger partial charge on any atom is -0.296 e. The number of aromatic nitrogens is 1. The summed E-state index contributed by atoms with van der Waals surface area (Å²) in [5.74, 6) is 0.549. The third kappa shape index (κ3) is 1.95. The number of hydrogen-bond donors (Lipinski definition) is 1. The van der Waals surface area contributed by atoms with E-state index in [4.69, 9.17) is 5.26 Å². The molecule has 0 N–H and O–H groups in total. The topological polar surface area (TPSA) is 57.0 Å². The Hall–Kier alpha value is -1.54. The first-order valence-electron chi connectivity index (χ1n) is 4.56. The van der Waals surface area contributed by atoms with Crippen molar-refractivity contribution in [2.75, 3.05) is 11.4 Å². The van der Waals surface area contributed by atoms with Crippen molar-refractivity contribution in [1.82, 2.24) is 4.98 Å². The largest absolute Gasteiger partial charge is 0.296 e. The molecule has 0 aliphatic carbocycles. The second-order valence-electron chi connectivity index (χ2n) is 3.36. The maximum Gasteiger partial charge on any atom is 0.229 e. The average molecular weight is 219 g/mol. The maximum atomic E-state index is 11.5. The molecule has 1 aliphatic rings. The van der Waals surface area contributed by atoms with Crippen LogP contribution in [-0.4, -0.2) is 22.7 Å². The van der Waals surface area contributed by atoms with E-state index in [9.17, 15) is 4.79 Å². The number of carbonyl (C=O) groups is 1. The highest BCUT2D eigenvalue weighted by Crippen LogP contribution is 2.22. The molecule has 1 aromatic heterocycles. The molecule has 1 aliphatic heterocycles. The Morgan fingerprint density at radius 3 is 3.00 bits per heavy atom. The Bertz CT molecular complexity index is 441. The predicted octanol–water partition coefficient (Wildman–Crippen LogP) is 0.988. The molecule has 76 valence electrons. The first kappa shape index (κ1) is 9.99. The predicted molar refractivity (Wildman–Crippen MR) is 58.7 cm³/mol. The van der Waals surface area contributed by atoms with E-state index in [0.29, 0.717) is 24.5 Å². The molecule has 0 saturated carbocycles. The van der Waals surface area contributed by atoms with Crippen LogP contribution in [0.3, 0.4) is 0 Å². The number of anilines is 1. The van der Waals surface area contributed by atoms with Crippen LogP contribution in [0.25, 0.3) is 0 Å². The number of hydrogen-bond acceptors (Lipinski definition) is 4. The molecule has 0 spiro atoms. The Balaban J connectivity index is 2.30. The molecule has 0 aromatic carbocycles. The van der Waals surface area contributed by atoms with E-state index in [1.165, 1.54) is 0 Å². The molecule has 2 heterocycles. The molecule has 1 atom stereocenters. The van der Waals surface area contributed by atoms with Gasteiger partial charge in [0.15, 0.2) is 0 Å². The van der Waals surface area contributed by atoms with E-state index < -0.39 is 0 Å². The third-order valence-corrected chi connectivity index (χ3v) is 2.58. The summed E-state index contributed by atoms with van der Waals surface area (Å²) in [6.07, 6.45) is 0.432. The summed E-state index contributed by atoms with van der Waals surface area (Å²) >= 11 is 4.25. The van der Waals surface area contributed by atoms with Crippen LogP contribution in [0, 0.1) is 11.3 Å². The van der Waals surface area contributed by atoms with Crippen LogP contribution >= 0.6 is 12.6 Å². The van der Waals surface area contributed by atoms with E-state index in [0.717, 1.165) is 0 Å². The van der Waals surface area contributed by atoms with Gasteiger partial charge in [0.05, 0.1) is 0 Å². The summed E-state index contributed by atoms with van der Waals surface area (Å²) in [6.45, 7) is 0.559. The van der Waals surface area contributed by atoms with Gasteiger partial charge < -0.3 is 0 Å². The fraction of sp³-hybridized carbons (Fsp3) is 0.300. The van der Waals surface area contributed by atoms with Gasteiger partial charge in [0, 0.05) is 18.2 Å². The lowest BCUT2D eigenvalue weighted by Gasteiger charge is -2.14. The average Bonchev–Trinajstić information content (AvgIpc) is 2.58. The zero-order valence-corrected chi connectivity index (χ0v) is 8.82. The highest BCUT2D eigenvalue weighted by Gasteiger charge is 2.29. The van der Waals surface area contributed by atoms with Crippen molar-refractivity contribution in [2.45, 2.75) is 11.7 Å². The molecule has 1 aromatic rings. The highest BCUT2D eigenvalue weighted by molar-refractivity contribution is 7.81. The van der Waals surface area contributed by atoms with Crippen LogP contribution in [0.4, 0.5) is 5.82 Å². The molecule has 2 rings (SSSR count). The summed E-state index contributed by atoms with van der Waals surface area (Å²) < 4.78 is 0. The molecule has 1 amide bonds. The van der Waals surface area contributed by atoms with Crippen molar-refractivity contribution in [3.63, 3.8) is 0 Å². The minimum absolute atomic E-state index is 0.0117. The number of nitriles is 1. The fourth-order valence-corrected chi connectivity index (χ4v) is 1.87. The van der Waals surface area contributed by atoms with Gasteiger partial charge in [0.2, 0.25) is 5.91 Å². The first-order chi connectivity index (χ1) is 7.20. The number of pyridine rings is 1. The number of nitrogens with zero attached hydrogens (tertiary/aromatic N) is 3. The van der Waals surface area contributed by atoms with Gasteiger partial charge in [-0.2, -0.15) is 17.9 Å². The van der Waals surface area contributed by atoms with E-state index in [2.05, 4.69) is 17.6 Å². The Morgan fingerprint density at radius 2 is 2.40 bits per heavy atom. The smallest absolute Gasteiger partial charge is 0.229 e. The molecular weight excluding hydrogens is 210 g/mol. The van der Waals surface area contributed by atoms with Crippen molar-refractivity contribution in [2.24, 2.45) is 0 Å². The molecule has 1 unspecified atom stereocenters. The summed E-state index contributed by atoms with van der Waals surface area (Å²) in [7, 11) is 0. The third-order valence-electron chi connectivity index (χ3n) is 2.23. The van der Waals surface area contributed by atoms with Crippen molar-refractivity contribution in [1.29, 1.82) is 5.26 Å². The van der Waals surface area contributed by atoms with Gasteiger partial charge in [-0.1, -0.05) is 6.07 Å². The van der Waals surface area contributed by atoms with Gasteiger partial charge in [-0.3, -0.25) is 9.69 Å². The number of thiol groups is 1. The van der Waals surface area contributed by atoms with Gasteiger partial charge in [0.1, 0.15) is 17.6 Å². The van der Waals surface area contributed by atoms with E-state index in [1.807, 2.05) is 6.07 Å². The van der Waals surface area contributed by atoms with Crippen LogP contribution in [0.5, 0.6) is 0 Å². The number of rotatable bonds is 1. The van der Waals surface area contributed by atoms with Crippen LogP contribution in [0.15, 0.2) is 18.2 Å². The standard InChI is InChI=1S/C10H9N3OS/c11-5-7-2-1-3-9(12-7)13-6-8(15)4-10(13)14/h1-3,8,15H,4,6H2. The quantitative estimate of drug-likeness (QED) is 0.716. The van der Waals surface area contributed by atoms with Gasteiger partial charge in [-0.15, -0.1) is 0 Å². The van der Waals surface area contributed by atoms with Crippen LogP contribution in [0.1, 0.15) is 12.1 Å². The maximum absolute atomic E-state index is 11.5. The second kappa shape index (κ2) is 3.91. The summed E-state index contributed by atoms with van der Waals surface area (Å²) in [5.41, 5.74) is 0.322. The van der Waals surface area contributed by atoms with Gasteiger partial charge in [0.25, 0.3) is 0 Å². The number of carbonyl (C=O) groups excluding carboxylic acids is 1. The lowest BCUT2D eigenvalue weighted by atomic mass is 10.3. The van der Waals surface area contributed by atoms with Crippen molar-refractivity contribution >= 4 is 24.4 Å². The minimum atomic E-state index is 0.0117. The Morgan fingerprint density at radius 1 is 1.60 bits per heavy atom. The number of amides is 1.